The maximum Gasteiger partial charge on any atom is 0.194 e. The Hall–Kier alpha value is -1.26. The van der Waals surface area contributed by atoms with Crippen molar-refractivity contribution in [3.63, 3.8) is 0 Å². The van der Waals surface area contributed by atoms with Crippen LogP contribution in [-0.4, -0.2) is 36.9 Å². The van der Waals surface area contributed by atoms with Gasteiger partial charge in [-0.25, -0.2) is 0 Å². The minimum Gasteiger partial charge on any atom is -0.316 e. The van der Waals surface area contributed by atoms with Crippen LogP contribution in [-0.2, 0) is 0 Å². The van der Waals surface area contributed by atoms with Crippen molar-refractivity contribution < 1.29 is 4.79 Å². The maximum absolute atomic E-state index is 11.7. The summed E-state index contributed by atoms with van der Waals surface area (Å²) >= 11 is 0. The van der Waals surface area contributed by atoms with E-state index in [0.717, 1.165) is 19.6 Å². The number of rotatable bonds is 5. The molecule has 4 nitrogen and oxygen atoms in total. The Morgan fingerprint density at radius 1 is 1.53 bits per heavy atom. The number of hydrogen-bond donors (Lipinski definition) is 2. The third-order valence-electron chi connectivity index (χ3n) is 3.07. The first-order valence-electron chi connectivity index (χ1n) is 6.22. The van der Waals surface area contributed by atoms with Crippen molar-refractivity contribution >= 4 is 5.78 Å². The Bertz CT molecular complexity index is 347. The number of Topliss-reactive ketones (excluding diaryl/α,β-unsaturated/α-hetero) is 1. The third kappa shape index (κ3) is 3.91. The van der Waals surface area contributed by atoms with Crippen LogP contribution in [0.4, 0.5) is 0 Å². The molecule has 0 spiro atoms. The van der Waals surface area contributed by atoms with Crippen LogP contribution in [0.15, 0.2) is 24.4 Å². The molecule has 1 aromatic heterocycles. The number of nitrogens with one attached hydrogen (secondary N) is 2. The van der Waals surface area contributed by atoms with E-state index in [9.17, 15) is 4.79 Å². The number of nitrogens with zero attached hydrogens (tertiary/aromatic N) is 1. The molecule has 17 heavy (non-hydrogen) atoms. The van der Waals surface area contributed by atoms with Crippen LogP contribution >= 0.6 is 0 Å². The summed E-state index contributed by atoms with van der Waals surface area (Å²) in [5.41, 5.74) is 0.543. The smallest absolute Gasteiger partial charge is 0.194 e. The Morgan fingerprint density at radius 2 is 2.47 bits per heavy atom. The van der Waals surface area contributed by atoms with E-state index in [4.69, 9.17) is 0 Å². The highest BCUT2D eigenvalue weighted by Gasteiger charge is 2.13. The molecular weight excluding hydrogens is 214 g/mol. The maximum atomic E-state index is 11.7. The van der Waals surface area contributed by atoms with Gasteiger partial charge in [0.1, 0.15) is 5.69 Å². The zero-order valence-corrected chi connectivity index (χ0v) is 9.98. The van der Waals surface area contributed by atoms with E-state index in [1.54, 1.807) is 12.3 Å². The van der Waals surface area contributed by atoms with Gasteiger partial charge in [-0.05, 0) is 50.5 Å². The molecule has 2 N–H and O–H groups in total. The highest BCUT2D eigenvalue weighted by molar-refractivity contribution is 5.95. The van der Waals surface area contributed by atoms with Crippen LogP contribution in [0.25, 0.3) is 0 Å². The van der Waals surface area contributed by atoms with Crippen LogP contribution in [0, 0.1) is 5.92 Å². The summed E-state index contributed by atoms with van der Waals surface area (Å²) in [4.78, 5) is 15.8. The van der Waals surface area contributed by atoms with Gasteiger partial charge in [0.2, 0.25) is 0 Å². The lowest BCUT2D eigenvalue weighted by Gasteiger charge is -2.22. The summed E-state index contributed by atoms with van der Waals surface area (Å²) in [5.74, 6) is 0.717. The number of ketones is 1. The summed E-state index contributed by atoms with van der Waals surface area (Å²) < 4.78 is 0. The number of hydrogen-bond acceptors (Lipinski definition) is 4. The molecule has 1 aliphatic rings. The summed E-state index contributed by atoms with van der Waals surface area (Å²) in [6.07, 6.45) is 4.14. The fourth-order valence-corrected chi connectivity index (χ4v) is 2.11. The van der Waals surface area contributed by atoms with Gasteiger partial charge in [0.05, 0.1) is 6.54 Å². The van der Waals surface area contributed by atoms with Crippen molar-refractivity contribution in [3.05, 3.63) is 30.1 Å². The number of piperidine rings is 1. The third-order valence-corrected chi connectivity index (χ3v) is 3.07. The van der Waals surface area contributed by atoms with Crippen molar-refractivity contribution in [1.82, 2.24) is 15.6 Å². The molecule has 0 bridgehead atoms. The summed E-state index contributed by atoms with van der Waals surface area (Å²) in [5, 5.41) is 6.59. The first-order chi connectivity index (χ1) is 8.36. The molecule has 0 saturated carbocycles. The van der Waals surface area contributed by atoms with Crippen molar-refractivity contribution in [2.24, 2.45) is 5.92 Å². The molecule has 4 heteroatoms. The lowest BCUT2D eigenvalue weighted by Crippen LogP contribution is -2.37. The molecule has 1 saturated heterocycles. The van der Waals surface area contributed by atoms with Crippen molar-refractivity contribution in [2.75, 3.05) is 26.2 Å². The molecule has 1 aliphatic heterocycles. The lowest BCUT2D eigenvalue weighted by atomic mass is 10.00. The highest BCUT2D eigenvalue weighted by atomic mass is 16.1. The highest BCUT2D eigenvalue weighted by Crippen LogP contribution is 2.08. The van der Waals surface area contributed by atoms with E-state index < -0.39 is 0 Å². The van der Waals surface area contributed by atoms with Gasteiger partial charge in [0.15, 0.2) is 5.78 Å². The second kappa shape index (κ2) is 6.47. The van der Waals surface area contributed by atoms with Crippen molar-refractivity contribution in [3.8, 4) is 0 Å². The van der Waals surface area contributed by atoms with E-state index >= 15 is 0 Å². The molecule has 0 aliphatic carbocycles. The van der Waals surface area contributed by atoms with Crippen molar-refractivity contribution in [2.45, 2.75) is 12.8 Å². The average molecular weight is 233 g/mol. The standard InChI is InChI=1S/C13H19N3O/c17-13(12-5-1-2-7-16-12)10-15-9-11-4-3-6-14-8-11/h1-2,5,7,11,14-15H,3-4,6,8-10H2/t11-/m1/s1. The van der Waals surface area contributed by atoms with Crippen LogP contribution in [0.2, 0.25) is 0 Å². The fraction of sp³-hybridized carbons (Fsp3) is 0.538. The number of carbonyl (C=O) groups is 1. The molecule has 2 rings (SSSR count). The second-order valence-electron chi connectivity index (χ2n) is 4.48. The Balaban J connectivity index is 1.69. The molecule has 0 aromatic carbocycles. The van der Waals surface area contributed by atoms with E-state index in [1.807, 2.05) is 12.1 Å². The first-order valence-corrected chi connectivity index (χ1v) is 6.22. The van der Waals surface area contributed by atoms with Crippen molar-refractivity contribution in [1.29, 1.82) is 0 Å². The first kappa shape index (κ1) is 12.2. The Morgan fingerprint density at radius 3 is 3.18 bits per heavy atom. The Kier molecular flexibility index (Phi) is 4.64. The summed E-state index contributed by atoms with van der Waals surface area (Å²) in [6, 6.07) is 5.41. The summed E-state index contributed by atoms with van der Waals surface area (Å²) in [6.45, 7) is 3.48. The number of carbonyl (C=O) groups excluding carboxylic acids is 1. The molecule has 1 atom stereocenters. The normalized spacial score (nSPS) is 20.1. The molecule has 92 valence electrons. The molecular formula is C13H19N3O. The Labute approximate surface area is 102 Å². The monoisotopic (exact) mass is 233 g/mol. The largest absolute Gasteiger partial charge is 0.316 e. The zero-order valence-electron chi connectivity index (χ0n) is 9.98. The van der Waals surface area contributed by atoms with Crippen LogP contribution in [0.5, 0.6) is 0 Å². The van der Waals surface area contributed by atoms with Gasteiger partial charge in [0, 0.05) is 6.20 Å². The van der Waals surface area contributed by atoms with Gasteiger partial charge < -0.3 is 10.6 Å². The fourth-order valence-electron chi connectivity index (χ4n) is 2.11. The van der Waals surface area contributed by atoms with Gasteiger partial charge in [-0.2, -0.15) is 0 Å². The molecule has 1 fully saturated rings. The molecule has 2 heterocycles. The predicted molar refractivity (Wildman–Crippen MR) is 67.0 cm³/mol. The number of pyridine rings is 1. The average Bonchev–Trinajstić information content (AvgIpc) is 2.41. The quantitative estimate of drug-likeness (QED) is 0.740. The lowest BCUT2D eigenvalue weighted by molar-refractivity contribution is 0.0984. The van der Waals surface area contributed by atoms with E-state index in [0.29, 0.717) is 18.2 Å². The van der Waals surface area contributed by atoms with E-state index in [2.05, 4.69) is 15.6 Å². The second-order valence-corrected chi connectivity index (χ2v) is 4.48. The van der Waals surface area contributed by atoms with Crippen LogP contribution in [0.3, 0.4) is 0 Å². The minimum atomic E-state index is 0.0642. The van der Waals surface area contributed by atoms with Crippen LogP contribution in [0.1, 0.15) is 23.3 Å². The van der Waals surface area contributed by atoms with Gasteiger partial charge in [-0.15, -0.1) is 0 Å². The van der Waals surface area contributed by atoms with Gasteiger partial charge in [-0.3, -0.25) is 9.78 Å². The molecule has 0 amide bonds. The topological polar surface area (TPSA) is 54.0 Å². The predicted octanol–water partition coefficient (Wildman–Crippen LogP) is 0.853. The summed E-state index contributed by atoms with van der Waals surface area (Å²) in [7, 11) is 0. The number of aromatic nitrogens is 1. The zero-order chi connectivity index (χ0) is 11.9. The molecule has 0 radical (unpaired) electrons. The van der Waals surface area contributed by atoms with Gasteiger partial charge >= 0.3 is 0 Å². The van der Waals surface area contributed by atoms with Crippen LogP contribution < -0.4 is 10.6 Å². The molecule has 0 unspecified atom stereocenters. The van der Waals surface area contributed by atoms with Gasteiger partial charge in [0.25, 0.3) is 0 Å². The molecule has 1 aromatic rings. The van der Waals surface area contributed by atoms with E-state index in [-0.39, 0.29) is 5.78 Å². The van der Waals surface area contributed by atoms with Gasteiger partial charge in [-0.1, -0.05) is 6.07 Å². The van der Waals surface area contributed by atoms with E-state index in [1.165, 1.54) is 12.8 Å². The SMILES string of the molecule is O=C(CNC[C@@H]1CCCNC1)c1ccccn1. The minimum absolute atomic E-state index is 0.0642.